The molecule has 1 aromatic heterocycles. The van der Waals surface area contributed by atoms with Crippen LogP contribution in [0.3, 0.4) is 0 Å². The van der Waals surface area contributed by atoms with Crippen molar-refractivity contribution >= 4 is 10.9 Å². The van der Waals surface area contributed by atoms with Crippen LogP contribution in [0.4, 0.5) is 0 Å². The second kappa shape index (κ2) is 9.09. The monoisotopic (exact) mass is 390 g/mol. The van der Waals surface area contributed by atoms with Gasteiger partial charge < -0.3 is 4.98 Å². The van der Waals surface area contributed by atoms with E-state index in [4.69, 9.17) is 10.5 Å². The minimum atomic E-state index is 0.677. The molecule has 0 spiro atoms. The van der Waals surface area contributed by atoms with E-state index in [-0.39, 0.29) is 0 Å². The van der Waals surface area contributed by atoms with Gasteiger partial charge in [0.2, 0.25) is 0 Å². The quantitative estimate of drug-likeness (QED) is 0.474. The summed E-state index contributed by atoms with van der Waals surface area (Å²) < 4.78 is 0. The van der Waals surface area contributed by atoms with Crippen LogP contribution in [0.5, 0.6) is 0 Å². The first-order valence-electron chi connectivity index (χ1n) is 10.0. The van der Waals surface area contributed by atoms with Crippen molar-refractivity contribution in [1.82, 2.24) is 9.88 Å². The van der Waals surface area contributed by atoms with Gasteiger partial charge in [-0.3, -0.25) is 4.90 Å². The normalized spacial score (nSPS) is 10.8. The highest BCUT2D eigenvalue weighted by Gasteiger charge is 2.10. The first kappa shape index (κ1) is 19.5. The Bertz CT molecular complexity index is 1150. The number of para-hydroxylation sites is 1. The highest BCUT2D eigenvalue weighted by atomic mass is 15.1. The maximum absolute atomic E-state index is 9.04. The van der Waals surface area contributed by atoms with Crippen LogP contribution in [-0.2, 0) is 19.5 Å². The van der Waals surface area contributed by atoms with Crippen molar-refractivity contribution in [2.24, 2.45) is 0 Å². The van der Waals surface area contributed by atoms with E-state index in [1.807, 2.05) is 54.6 Å². The van der Waals surface area contributed by atoms with Crippen LogP contribution in [-0.4, -0.2) is 16.4 Å². The highest BCUT2D eigenvalue weighted by Crippen LogP contribution is 2.19. The molecule has 4 rings (SSSR count). The molecule has 0 aliphatic rings. The number of nitrogens with one attached hydrogen (secondary N) is 1. The topological polar surface area (TPSA) is 66.6 Å². The van der Waals surface area contributed by atoms with Gasteiger partial charge in [-0.25, -0.2) is 0 Å². The number of nitrogens with zero attached hydrogens (tertiary/aromatic N) is 3. The maximum Gasteiger partial charge on any atom is 0.0991 e. The van der Waals surface area contributed by atoms with E-state index in [1.165, 1.54) is 27.6 Å². The average Bonchev–Trinajstić information content (AvgIpc) is 3.21. The Morgan fingerprint density at radius 1 is 0.733 bits per heavy atom. The first-order chi connectivity index (χ1) is 14.7. The van der Waals surface area contributed by atoms with Crippen molar-refractivity contribution < 1.29 is 0 Å². The molecule has 4 nitrogen and oxygen atoms in total. The van der Waals surface area contributed by atoms with E-state index in [9.17, 15) is 0 Å². The SMILES string of the molecule is N#Cc1ccc(CN(CCc2c[nH]c3ccccc23)Cc2ccc(C#N)cc2)cc1. The van der Waals surface area contributed by atoms with Gasteiger partial charge in [0.05, 0.1) is 23.3 Å². The van der Waals surface area contributed by atoms with Crippen LogP contribution in [0.15, 0.2) is 79.0 Å². The van der Waals surface area contributed by atoms with Crippen molar-refractivity contribution in [2.45, 2.75) is 19.5 Å². The largest absolute Gasteiger partial charge is 0.361 e. The van der Waals surface area contributed by atoms with E-state index in [0.717, 1.165) is 26.1 Å². The predicted octanol–water partition coefficient (Wildman–Crippen LogP) is 5.16. The molecule has 0 bridgehead atoms. The van der Waals surface area contributed by atoms with Gasteiger partial charge in [-0.2, -0.15) is 10.5 Å². The Morgan fingerprint density at radius 2 is 1.30 bits per heavy atom. The third kappa shape index (κ3) is 4.58. The van der Waals surface area contributed by atoms with Crippen LogP contribution < -0.4 is 0 Å². The van der Waals surface area contributed by atoms with Gasteiger partial charge >= 0.3 is 0 Å². The van der Waals surface area contributed by atoms with Gasteiger partial charge in [0.15, 0.2) is 0 Å². The van der Waals surface area contributed by atoms with Crippen LogP contribution in [0, 0.1) is 22.7 Å². The van der Waals surface area contributed by atoms with E-state index < -0.39 is 0 Å². The third-order valence-corrected chi connectivity index (χ3v) is 5.35. The lowest BCUT2D eigenvalue weighted by molar-refractivity contribution is 0.260. The fraction of sp³-hybridized carbons (Fsp3) is 0.154. The molecular weight excluding hydrogens is 368 g/mol. The van der Waals surface area contributed by atoms with Gasteiger partial charge in [-0.05, 0) is 53.4 Å². The Kier molecular flexibility index (Phi) is 5.90. The Morgan fingerprint density at radius 3 is 1.87 bits per heavy atom. The molecular formula is C26H22N4. The summed E-state index contributed by atoms with van der Waals surface area (Å²) in [6.45, 7) is 2.50. The van der Waals surface area contributed by atoms with Gasteiger partial charge in [0, 0.05) is 36.7 Å². The number of aromatic nitrogens is 1. The summed E-state index contributed by atoms with van der Waals surface area (Å²) in [7, 11) is 0. The van der Waals surface area contributed by atoms with Gasteiger partial charge in [0.25, 0.3) is 0 Å². The van der Waals surface area contributed by atoms with Crippen molar-refractivity contribution in [3.8, 4) is 12.1 Å². The molecule has 0 radical (unpaired) electrons. The van der Waals surface area contributed by atoms with Crippen molar-refractivity contribution in [3.63, 3.8) is 0 Å². The molecule has 4 aromatic rings. The molecule has 0 atom stereocenters. The lowest BCUT2D eigenvalue weighted by atomic mass is 10.1. The minimum Gasteiger partial charge on any atom is -0.361 e. The van der Waals surface area contributed by atoms with Gasteiger partial charge in [-0.1, -0.05) is 42.5 Å². The molecule has 1 N–H and O–H groups in total. The van der Waals surface area contributed by atoms with E-state index >= 15 is 0 Å². The molecule has 146 valence electrons. The average molecular weight is 390 g/mol. The Hall–Kier alpha value is -3.86. The summed E-state index contributed by atoms with van der Waals surface area (Å²) in [4.78, 5) is 5.76. The summed E-state index contributed by atoms with van der Waals surface area (Å²) in [5.74, 6) is 0. The van der Waals surface area contributed by atoms with E-state index in [2.05, 4.69) is 46.4 Å². The van der Waals surface area contributed by atoms with Crippen LogP contribution in [0.1, 0.15) is 27.8 Å². The molecule has 0 aliphatic carbocycles. The summed E-state index contributed by atoms with van der Waals surface area (Å²) in [5, 5.41) is 19.3. The number of rotatable bonds is 7. The molecule has 0 saturated carbocycles. The number of aromatic amines is 1. The minimum absolute atomic E-state index is 0.677. The van der Waals surface area contributed by atoms with E-state index in [1.54, 1.807) is 0 Å². The number of fused-ring (bicyclic) bond motifs is 1. The number of hydrogen-bond acceptors (Lipinski definition) is 3. The molecule has 0 unspecified atom stereocenters. The molecule has 0 saturated heterocycles. The van der Waals surface area contributed by atoms with Crippen LogP contribution >= 0.6 is 0 Å². The number of hydrogen-bond donors (Lipinski definition) is 1. The van der Waals surface area contributed by atoms with Gasteiger partial charge in [0.1, 0.15) is 0 Å². The van der Waals surface area contributed by atoms with Crippen molar-refractivity contribution in [3.05, 3.63) is 107 Å². The standard InChI is InChI=1S/C26H22N4/c27-15-20-5-9-22(10-6-20)18-30(19-23-11-7-21(16-28)8-12-23)14-13-24-17-29-26-4-2-1-3-25(24)26/h1-12,17,29H,13-14,18-19H2. The fourth-order valence-electron chi connectivity index (χ4n) is 3.72. The number of H-pyrrole nitrogens is 1. The summed E-state index contributed by atoms with van der Waals surface area (Å²) in [6, 6.07) is 28.3. The second-order valence-electron chi connectivity index (χ2n) is 7.44. The molecule has 1 heterocycles. The maximum atomic E-state index is 9.04. The van der Waals surface area contributed by atoms with Crippen LogP contribution in [0.25, 0.3) is 10.9 Å². The molecule has 4 heteroatoms. The lowest BCUT2D eigenvalue weighted by Gasteiger charge is -2.23. The van der Waals surface area contributed by atoms with Crippen LogP contribution in [0.2, 0.25) is 0 Å². The fourth-order valence-corrected chi connectivity index (χ4v) is 3.72. The lowest BCUT2D eigenvalue weighted by Crippen LogP contribution is -2.25. The molecule has 3 aromatic carbocycles. The third-order valence-electron chi connectivity index (χ3n) is 5.35. The zero-order valence-electron chi connectivity index (χ0n) is 16.7. The summed E-state index contributed by atoms with van der Waals surface area (Å²) >= 11 is 0. The predicted molar refractivity (Wildman–Crippen MR) is 118 cm³/mol. The highest BCUT2D eigenvalue weighted by molar-refractivity contribution is 5.83. The zero-order chi connectivity index (χ0) is 20.8. The molecule has 0 amide bonds. The summed E-state index contributed by atoms with van der Waals surface area (Å²) in [6.07, 6.45) is 3.04. The number of nitriles is 2. The molecule has 0 aliphatic heterocycles. The number of benzene rings is 3. The second-order valence-corrected chi connectivity index (χ2v) is 7.44. The van der Waals surface area contributed by atoms with Gasteiger partial charge in [-0.15, -0.1) is 0 Å². The Balaban J connectivity index is 1.52. The van der Waals surface area contributed by atoms with E-state index in [0.29, 0.717) is 11.1 Å². The molecule has 30 heavy (non-hydrogen) atoms. The van der Waals surface area contributed by atoms with Crippen molar-refractivity contribution in [1.29, 1.82) is 10.5 Å². The smallest absolute Gasteiger partial charge is 0.0991 e. The molecule has 0 fully saturated rings. The first-order valence-corrected chi connectivity index (χ1v) is 10.0. The Labute approximate surface area is 176 Å². The van der Waals surface area contributed by atoms with Crippen molar-refractivity contribution in [2.75, 3.05) is 6.54 Å². The summed E-state index contributed by atoms with van der Waals surface area (Å²) in [5.41, 5.74) is 6.20. The zero-order valence-corrected chi connectivity index (χ0v) is 16.7.